The number of carbonyl (C=O) groups excluding carboxylic acids is 1. The summed E-state index contributed by atoms with van der Waals surface area (Å²) in [6.45, 7) is 5.39. The normalized spacial score (nSPS) is 24.1. The van der Waals surface area contributed by atoms with Crippen LogP contribution < -0.4 is 9.80 Å². The molecule has 1 aromatic rings. The molecule has 3 rings (SSSR count). The number of nitrogens with zero attached hydrogens (tertiary/aromatic N) is 2. The van der Waals surface area contributed by atoms with Crippen molar-refractivity contribution in [1.29, 1.82) is 0 Å². The first-order valence-corrected chi connectivity index (χ1v) is 7.37. The second-order valence-corrected chi connectivity index (χ2v) is 5.75. The van der Waals surface area contributed by atoms with Crippen LogP contribution in [0, 0.1) is 0 Å². The molecule has 2 fully saturated rings. The molecule has 2 heterocycles. The average Bonchev–Trinajstić information content (AvgIpc) is 2.93. The third-order valence-corrected chi connectivity index (χ3v) is 4.34. The molecule has 0 radical (unpaired) electrons. The Morgan fingerprint density at radius 1 is 1.00 bits per heavy atom. The molecular formula is C16H22N2O. The van der Waals surface area contributed by atoms with E-state index in [0.717, 1.165) is 6.54 Å². The van der Waals surface area contributed by atoms with E-state index < -0.39 is 0 Å². The third kappa shape index (κ3) is 2.60. The van der Waals surface area contributed by atoms with Gasteiger partial charge in [-0.25, -0.2) is 0 Å². The molecule has 0 spiro atoms. The zero-order chi connectivity index (χ0) is 13.2. The number of anilines is 2. The molecule has 1 aromatic carbocycles. The van der Waals surface area contributed by atoms with E-state index in [1.807, 2.05) is 0 Å². The minimum absolute atomic E-state index is 0.332. The molecule has 0 amide bonds. The fourth-order valence-corrected chi connectivity index (χ4v) is 3.22. The summed E-state index contributed by atoms with van der Waals surface area (Å²) in [4.78, 5) is 16.3. The molecule has 0 N–H and O–H groups in total. The molecule has 1 atom stereocenters. The van der Waals surface area contributed by atoms with E-state index in [1.165, 1.54) is 37.3 Å². The molecular weight excluding hydrogens is 236 g/mol. The maximum absolute atomic E-state index is 11.4. The van der Waals surface area contributed by atoms with Crippen LogP contribution in [0.4, 0.5) is 11.4 Å². The van der Waals surface area contributed by atoms with Crippen molar-refractivity contribution < 1.29 is 4.79 Å². The Bertz CT molecular complexity index is 448. The van der Waals surface area contributed by atoms with Gasteiger partial charge in [-0.05, 0) is 44.0 Å². The lowest BCUT2D eigenvalue weighted by atomic mass is 10.0. The van der Waals surface area contributed by atoms with Gasteiger partial charge in [0.1, 0.15) is 5.78 Å². The first kappa shape index (κ1) is 12.5. The van der Waals surface area contributed by atoms with Gasteiger partial charge < -0.3 is 9.80 Å². The van der Waals surface area contributed by atoms with E-state index in [2.05, 4.69) is 41.0 Å². The Kier molecular flexibility index (Phi) is 3.45. The zero-order valence-corrected chi connectivity index (χ0v) is 11.6. The van der Waals surface area contributed by atoms with E-state index in [1.54, 1.807) is 0 Å². The number of rotatable bonds is 2. The standard InChI is InChI=1S/C16H22N2O/c1-13-12-16(19)8-11-18(13)15-6-4-14(5-7-15)17-9-2-3-10-17/h4-7,13H,2-3,8-12H2,1H3. The molecule has 0 aromatic heterocycles. The largest absolute Gasteiger partial charge is 0.372 e. The summed E-state index contributed by atoms with van der Waals surface area (Å²) < 4.78 is 0. The van der Waals surface area contributed by atoms with E-state index >= 15 is 0 Å². The van der Waals surface area contributed by atoms with Crippen molar-refractivity contribution in [3.05, 3.63) is 24.3 Å². The summed E-state index contributed by atoms with van der Waals surface area (Å²) in [5.74, 6) is 0.400. The fourth-order valence-electron chi connectivity index (χ4n) is 3.22. The first-order chi connectivity index (χ1) is 9.24. The van der Waals surface area contributed by atoms with Gasteiger partial charge in [0.05, 0.1) is 0 Å². The Morgan fingerprint density at radius 2 is 1.63 bits per heavy atom. The van der Waals surface area contributed by atoms with Crippen LogP contribution in [0.2, 0.25) is 0 Å². The van der Waals surface area contributed by atoms with Gasteiger partial charge in [-0.1, -0.05) is 0 Å². The predicted octanol–water partition coefficient (Wildman–Crippen LogP) is 2.84. The quantitative estimate of drug-likeness (QED) is 0.815. The lowest BCUT2D eigenvalue weighted by Crippen LogP contribution is -2.41. The highest BCUT2D eigenvalue weighted by Gasteiger charge is 2.23. The molecule has 102 valence electrons. The SMILES string of the molecule is CC1CC(=O)CCN1c1ccc(N2CCCC2)cc1. The van der Waals surface area contributed by atoms with E-state index in [-0.39, 0.29) is 0 Å². The minimum Gasteiger partial charge on any atom is -0.372 e. The molecule has 2 saturated heterocycles. The van der Waals surface area contributed by atoms with Crippen LogP contribution in [0.25, 0.3) is 0 Å². The number of ketones is 1. The number of hydrogen-bond acceptors (Lipinski definition) is 3. The molecule has 19 heavy (non-hydrogen) atoms. The molecule has 2 aliphatic rings. The highest BCUT2D eigenvalue weighted by Crippen LogP contribution is 2.27. The third-order valence-electron chi connectivity index (χ3n) is 4.34. The maximum atomic E-state index is 11.4. The second-order valence-electron chi connectivity index (χ2n) is 5.75. The van der Waals surface area contributed by atoms with Crippen LogP contribution in [-0.2, 0) is 4.79 Å². The Balaban J connectivity index is 1.73. The summed E-state index contributed by atoms with van der Waals surface area (Å²) in [5.41, 5.74) is 2.59. The monoisotopic (exact) mass is 258 g/mol. The smallest absolute Gasteiger partial charge is 0.136 e. The Hall–Kier alpha value is -1.51. The number of piperidine rings is 1. The fraction of sp³-hybridized carbons (Fsp3) is 0.562. The van der Waals surface area contributed by atoms with Crippen LogP contribution >= 0.6 is 0 Å². The summed E-state index contributed by atoms with van der Waals surface area (Å²) >= 11 is 0. The number of hydrogen-bond donors (Lipinski definition) is 0. The topological polar surface area (TPSA) is 23.6 Å². The lowest BCUT2D eigenvalue weighted by Gasteiger charge is -2.35. The molecule has 0 bridgehead atoms. The lowest BCUT2D eigenvalue weighted by molar-refractivity contribution is -0.120. The van der Waals surface area contributed by atoms with Gasteiger partial charge >= 0.3 is 0 Å². The average molecular weight is 258 g/mol. The van der Waals surface area contributed by atoms with Gasteiger partial charge in [-0.3, -0.25) is 4.79 Å². The molecule has 3 nitrogen and oxygen atoms in total. The Labute approximate surface area is 115 Å². The molecule has 1 unspecified atom stereocenters. The van der Waals surface area contributed by atoms with Crippen LogP contribution in [0.1, 0.15) is 32.6 Å². The summed E-state index contributed by atoms with van der Waals surface area (Å²) in [5, 5.41) is 0. The summed E-state index contributed by atoms with van der Waals surface area (Å²) in [7, 11) is 0. The van der Waals surface area contributed by atoms with Gasteiger partial charge in [0, 0.05) is 49.9 Å². The Morgan fingerprint density at radius 3 is 2.26 bits per heavy atom. The molecule has 2 aliphatic heterocycles. The van der Waals surface area contributed by atoms with Crippen LogP contribution in [0.5, 0.6) is 0 Å². The van der Waals surface area contributed by atoms with Crippen molar-refractivity contribution in [2.75, 3.05) is 29.4 Å². The van der Waals surface area contributed by atoms with Gasteiger partial charge in [-0.2, -0.15) is 0 Å². The molecule has 0 saturated carbocycles. The van der Waals surface area contributed by atoms with E-state index in [9.17, 15) is 4.79 Å². The highest BCUT2D eigenvalue weighted by molar-refractivity contribution is 5.81. The predicted molar refractivity (Wildman–Crippen MR) is 78.9 cm³/mol. The van der Waals surface area contributed by atoms with Crippen LogP contribution in [-0.4, -0.2) is 31.5 Å². The van der Waals surface area contributed by atoms with Gasteiger partial charge in [0.15, 0.2) is 0 Å². The number of carbonyl (C=O) groups is 1. The van der Waals surface area contributed by atoms with Crippen molar-refractivity contribution in [2.45, 2.75) is 38.6 Å². The van der Waals surface area contributed by atoms with Gasteiger partial charge in [-0.15, -0.1) is 0 Å². The first-order valence-electron chi connectivity index (χ1n) is 7.37. The van der Waals surface area contributed by atoms with Crippen molar-refractivity contribution in [2.24, 2.45) is 0 Å². The summed E-state index contributed by atoms with van der Waals surface area (Å²) in [6.07, 6.45) is 4.01. The maximum Gasteiger partial charge on any atom is 0.136 e. The minimum atomic E-state index is 0.332. The van der Waals surface area contributed by atoms with Crippen LogP contribution in [0.15, 0.2) is 24.3 Å². The van der Waals surface area contributed by atoms with E-state index in [0.29, 0.717) is 24.7 Å². The van der Waals surface area contributed by atoms with Crippen molar-refractivity contribution in [3.63, 3.8) is 0 Å². The van der Waals surface area contributed by atoms with Crippen molar-refractivity contribution in [1.82, 2.24) is 0 Å². The molecule has 3 heteroatoms. The van der Waals surface area contributed by atoms with Gasteiger partial charge in [0.2, 0.25) is 0 Å². The number of benzene rings is 1. The molecule has 0 aliphatic carbocycles. The second kappa shape index (κ2) is 5.24. The van der Waals surface area contributed by atoms with E-state index in [4.69, 9.17) is 0 Å². The van der Waals surface area contributed by atoms with Crippen molar-refractivity contribution in [3.8, 4) is 0 Å². The zero-order valence-electron chi connectivity index (χ0n) is 11.6. The van der Waals surface area contributed by atoms with Gasteiger partial charge in [0.25, 0.3) is 0 Å². The van der Waals surface area contributed by atoms with Crippen molar-refractivity contribution >= 4 is 17.2 Å². The van der Waals surface area contributed by atoms with Crippen LogP contribution in [0.3, 0.4) is 0 Å². The summed E-state index contributed by atoms with van der Waals surface area (Å²) in [6, 6.07) is 9.20. The highest BCUT2D eigenvalue weighted by atomic mass is 16.1. The number of Topliss-reactive ketones (excluding diaryl/α,β-unsaturated/α-hetero) is 1.